The number of carbonyl (C=O) groups excluding carboxylic acids is 1. The first kappa shape index (κ1) is 52.1. The first-order chi connectivity index (χ1) is 26.3. The van der Waals surface area contributed by atoms with Gasteiger partial charge in [-0.3, -0.25) is 13.8 Å². The van der Waals surface area contributed by atoms with Crippen LogP contribution in [0.3, 0.4) is 0 Å². The Morgan fingerprint density at radius 3 is 1.49 bits per heavy atom. The zero-order chi connectivity index (χ0) is 40.9. The van der Waals surface area contributed by atoms with E-state index in [9.17, 15) is 50.0 Å². The van der Waals surface area contributed by atoms with Crippen molar-refractivity contribution in [3.05, 3.63) is 12.2 Å². The topological polar surface area (TPSA) is 226 Å². The molecule has 8 atom stereocenters. The van der Waals surface area contributed by atoms with Gasteiger partial charge in [-0.25, -0.2) is 4.57 Å². The zero-order valence-electron chi connectivity index (χ0n) is 34.1. The van der Waals surface area contributed by atoms with Crippen LogP contribution in [0.2, 0.25) is 0 Å². The third-order valence-electron chi connectivity index (χ3n) is 10.6. The van der Waals surface area contributed by atoms with Crippen molar-refractivity contribution in [1.29, 1.82) is 0 Å². The summed E-state index contributed by atoms with van der Waals surface area (Å²) >= 11 is 0. The highest BCUT2D eigenvalue weighted by atomic mass is 31.2. The predicted octanol–water partition coefficient (Wildman–Crippen LogP) is 6.25. The molecule has 1 aliphatic rings. The van der Waals surface area contributed by atoms with E-state index in [4.69, 9.17) is 9.05 Å². The Morgan fingerprint density at radius 2 is 1.04 bits per heavy atom. The number of nitrogens with one attached hydrogen (secondary N) is 1. The number of aliphatic hydroxyl groups excluding tert-OH is 7. The molecule has 1 rings (SSSR count). The molecule has 0 spiro atoms. The van der Waals surface area contributed by atoms with E-state index in [0.29, 0.717) is 12.8 Å². The number of hydrogen-bond acceptors (Lipinski definition) is 11. The van der Waals surface area contributed by atoms with E-state index in [1.54, 1.807) is 6.08 Å². The molecule has 14 heteroatoms. The second kappa shape index (κ2) is 32.0. The van der Waals surface area contributed by atoms with Crippen LogP contribution in [0.4, 0.5) is 0 Å². The molecule has 1 fully saturated rings. The summed E-state index contributed by atoms with van der Waals surface area (Å²) in [4.78, 5) is 23.3. The SMILES string of the molecule is CCCCCCCCCCCCCCCCC/C=C/C(O)C(COP(=O)(O)OC1C(O)C(O)C(O)C(O)C1O)NC(=O)CC(O)CCCCCCCCCC. The molecular formula is C41H80NO12P. The minimum absolute atomic E-state index is 0.242. The summed E-state index contributed by atoms with van der Waals surface area (Å²) in [7, 11) is -5.13. The van der Waals surface area contributed by atoms with E-state index >= 15 is 0 Å². The Bertz CT molecular complexity index is 1010. The third kappa shape index (κ3) is 24.5. The molecule has 0 radical (unpaired) electrons. The molecule has 326 valence electrons. The van der Waals surface area contributed by atoms with E-state index < -0.39 is 75.2 Å². The lowest BCUT2D eigenvalue weighted by Gasteiger charge is -2.41. The summed E-state index contributed by atoms with van der Waals surface area (Å²) in [6, 6.07) is -1.23. The average molecular weight is 810 g/mol. The lowest BCUT2D eigenvalue weighted by molar-refractivity contribution is -0.220. The van der Waals surface area contributed by atoms with Gasteiger partial charge in [-0.05, 0) is 19.3 Å². The molecule has 1 aliphatic carbocycles. The smallest absolute Gasteiger partial charge is 0.393 e. The Hall–Kier alpha value is -0.960. The predicted molar refractivity (Wildman–Crippen MR) is 215 cm³/mol. The van der Waals surface area contributed by atoms with Crippen LogP contribution < -0.4 is 5.32 Å². The van der Waals surface area contributed by atoms with Gasteiger partial charge in [-0.15, -0.1) is 0 Å². The van der Waals surface area contributed by atoms with Gasteiger partial charge < -0.3 is 46.0 Å². The Labute approximate surface area is 331 Å². The Morgan fingerprint density at radius 1 is 0.636 bits per heavy atom. The normalized spacial score (nSPS) is 24.5. The minimum Gasteiger partial charge on any atom is -0.393 e. The number of phosphoric acid groups is 1. The van der Waals surface area contributed by atoms with Crippen LogP contribution in [0.1, 0.15) is 181 Å². The fourth-order valence-corrected chi connectivity index (χ4v) is 7.97. The number of aliphatic hydroxyl groups is 7. The molecule has 55 heavy (non-hydrogen) atoms. The van der Waals surface area contributed by atoms with Crippen molar-refractivity contribution in [1.82, 2.24) is 5.32 Å². The van der Waals surface area contributed by atoms with Gasteiger partial charge in [-0.2, -0.15) is 0 Å². The van der Waals surface area contributed by atoms with Gasteiger partial charge in [0.05, 0.1) is 31.3 Å². The maximum absolute atomic E-state index is 12.9. The molecule has 0 aromatic carbocycles. The van der Waals surface area contributed by atoms with Crippen LogP contribution >= 0.6 is 7.82 Å². The molecule has 0 bridgehead atoms. The van der Waals surface area contributed by atoms with Crippen LogP contribution in [0.25, 0.3) is 0 Å². The number of allylic oxidation sites excluding steroid dienone is 1. The molecule has 0 aliphatic heterocycles. The minimum atomic E-state index is -5.13. The van der Waals surface area contributed by atoms with Crippen LogP contribution in [-0.4, -0.2) is 108 Å². The van der Waals surface area contributed by atoms with Crippen molar-refractivity contribution in [3.63, 3.8) is 0 Å². The van der Waals surface area contributed by atoms with Gasteiger partial charge in [0.1, 0.15) is 36.6 Å². The van der Waals surface area contributed by atoms with E-state index in [1.165, 1.54) is 109 Å². The van der Waals surface area contributed by atoms with Gasteiger partial charge in [0.15, 0.2) is 0 Å². The highest BCUT2D eigenvalue weighted by Crippen LogP contribution is 2.47. The van der Waals surface area contributed by atoms with Crippen LogP contribution in [0.15, 0.2) is 12.2 Å². The summed E-state index contributed by atoms with van der Waals surface area (Å²) < 4.78 is 22.8. The number of amides is 1. The fraction of sp³-hybridized carbons (Fsp3) is 0.927. The number of carbonyl (C=O) groups is 1. The maximum Gasteiger partial charge on any atom is 0.472 e. The number of phosphoric ester groups is 1. The highest BCUT2D eigenvalue weighted by molar-refractivity contribution is 7.47. The van der Waals surface area contributed by atoms with Gasteiger partial charge >= 0.3 is 7.82 Å². The molecule has 0 saturated heterocycles. The fourth-order valence-electron chi connectivity index (χ4n) is 7.00. The third-order valence-corrected chi connectivity index (χ3v) is 11.6. The summed E-state index contributed by atoms with van der Waals surface area (Å²) in [5.41, 5.74) is 0. The molecule has 0 heterocycles. The monoisotopic (exact) mass is 810 g/mol. The van der Waals surface area contributed by atoms with E-state index in [2.05, 4.69) is 19.2 Å². The van der Waals surface area contributed by atoms with Gasteiger partial charge in [0, 0.05) is 0 Å². The molecule has 1 amide bonds. The molecule has 0 aromatic heterocycles. The van der Waals surface area contributed by atoms with Crippen molar-refractivity contribution in [2.24, 2.45) is 0 Å². The summed E-state index contributed by atoms with van der Waals surface area (Å²) in [6.07, 6.45) is 17.5. The van der Waals surface area contributed by atoms with Crippen molar-refractivity contribution < 1.29 is 59.0 Å². The number of unbranched alkanes of at least 4 members (excludes halogenated alkanes) is 22. The molecular weight excluding hydrogens is 729 g/mol. The summed E-state index contributed by atoms with van der Waals surface area (Å²) in [5.74, 6) is -0.595. The van der Waals surface area contributed by atoms with E-state index in [-0.39, 0.29) is 6.42 Å². The van der Waals surface area contributed by atoms with Crippen LogP contribution in [0.5, 0.6) is 0 Å². The molecule has 9 N–H and O–H groups in total. The van der Waals surface area contributed by atoms with Crippen molar-refractivity contribution >= 4 is 13.7 Å². The van der Waals surface area contributed by atoms with Gasteiger partial charge in [0.25, 0.3) is 0 Å². The molecule has 8 unspecified atom stereocenters. The first-order valence-electron chi connectivity index (χ1n) is 21.7. The van der Waals surface area contributed by atoms with Crippen LogP contribution in [0, 0.1) is 0 Å². The number of rotatable bonds is 35. The Kier molecular flexibility index (Phi) is 30.3. The first-order valence-corrected chi connectivity index (χ1v) is 23.2. The summed E-state index contributed by atoms with van der Waals surface area (Å²) in [5, 5.41) is 74.1. The van der Waals surface area contributed by atoms with E-state index in [0.717, 1.165) is 44.9 Å². The number of hydrogen-bond donors (Lipinski definition) is 9. The standard InChI is InChI=1S/C41H80NO12P/c1-3-5-7-9-11-13-14-15-16-17-18-19-20-21-23-25-27-29-34(44)33(42-35(45)30-32(43)28-26-24-22-12-10-8-6-4-2)31-53-55(51,52)54-41-39(49)37(47)36(46)38(48)40(41)50/h27,29,32-34,36-41,43-44,46-50H,3-26,28,30-31H2,1-2H3,(H,42,45)(H,51,52)/b29-27+. The zero-order valence-corrected chi connectivity index (χ0v) is 35.0. The molecule has 13 nitrogen and oxygen atoms in total. The second-order valence-corrected chi connectivity index (χ2v) is 17.1. The van der Waals surface area contributed by atoms with Gasteiger partial charge in [0.2, 0.25) is 5.91 Å². The van der Waals surface area contributed by atoms with Crippen molar-refractivity contribution in [2.45, 2.75) is 236 Å². The van der Waals surface area contributed by atoms with Gasteiger partial charge in [-0.1, -0.05) is 167 Å². The average Bonchev–Trinajstić information content (AvgIpc) is 3.15. The largest absolute Gasteiger partial charge is 0.472 e. The highest BCUT2D eigenvalue weighted by Gasteiger charge is 2.51. The quantitative estimate of drug-likeness (QED) is 0.0197. The lowest BCUT2D eigenvalue weighted by atomic mass is 9.85. The van der Waals surface area contributed by atoms with Crippen molar-refractivity contribution in [3.8, 4) is 0 Å². The molecule has 1 saturated carbocycles. The summed E-state index contributed by atoms with van der Waals surface area (Å²) in [6.45, 7) is 3.69. The van der Waals surface area contributed by atoms with Crippen molar-refractivity contribution in [2.75, 3.05) is 6.61 Å². The maximum atomic E-state index is 12.9. The Balaban J connectivity index is 2.58. The molecule has 0 aromatic rings. The lowest BCUT2D eigenvalue weighted by Crippen LogP contribution is -2.64. The van der Waals surface area contributed by atoms with Crippen LogP contribution in [-0.2, 0) is 18.4 Å². The second-order valence-electron chi connectivity index (χ2n) is 15.7. The van der Waals surface area contributed by atoms with E-state index in [1.807, 2.05) is 0 Å².